The molecule has 2 atom stereocenters. The van der Waals surface area contributed by atoms with Crippen LogP contribution in [0.4, 0.5) is 0 Å². The van der Waals surface area contributed by atoms with Crippen LogP contribution in [0.15, 0.2) is 47.2 Å². The molecule has 2 nitrogen and oxygen atoms in total. The average molecular weight is 445 g/mol. The summed E-state index contributed by atoms with van der Waals surface area (Å²) in [6, 6.07) is 11.0. The van der Waals surface area contributed by atoms with Gasteiger partial charge in [0.15, 0.2) is 0 Å². The number of nitrogens with one attached hydrogen (secondary N) is 1. The molecule has 4 heteroatoms. The Labute approximate surface area is 142 Å². The van der Waals surface area contributed by atoms with Crippen LogP contribution in [0.1, 0.15) is 36.9 Å². The van der Waals surface area contributed by atoms with Crippen molar-refractivity contribution >= 4 is 38.5 Å². The lowest BCUT2D eigenvalue weighted by molar-refractivity contribution is 0.477. The van der Waals surface area contributed by atoms with Gasteiger partial charge in [0.2, 0.25) is 0 Å². The molecule has 0 aliphatic heterocycles. The number of hydrogen-bond donors (Lipinski definition) is 1. The molecule has 1 aromatic heterocycles. The summed E-state index contributed by atoms with van der Waals surface area (Å²) >= 11 is 6.05. The number of halogens is 2. The van der Waals surface area contributed by atoms with E-state index in [0.717, 1.165) is 11.0 Å². The first-order chi connectivity index (χ1) is 9.63. The first kappa shape index (κ1) is 15.9. The lowest BCUT2D eigenvalue weighted by Gasteiger charge is -2.27. The normalized spacial score (nSPS) is 14.0. The fourth-order valence-electron chi connectivity index (χ4n) is 2.39. The maximum atomic E-state index is 4.11. The van der Waals surface area contributed by atoms with Crippen LogP contribution < -0.4 is 5.32 Å². The Morgan fingerprint density at radius 2 is 1.95 bits per heavy atom. The third kappa shape index (κ3) is 3.80. The van der Waals surface area contributed by atoms with Crippen LogP contribution in [0.2, 0.25) is 0 Å². The highest BCUT2D eigenvalue weighted by molar-refractivity contribution is 14.1. The van der Waals surface area contributed by atoms with Crippen LogP contribution >= 0.6 is 38.5 Å². The van der Waals surface area contributed by atoms with E-state index in [2.05, 4.69) is 93.0 Å². The number of rotatable bonds is 5. The van der Waals surface area contributed by atoms with Gasteiger partial charge in [0.25, 0.3) is 0 Å². The van der Waals surface area contributed by atoms with Crippen LogP contribution in [0, 0.1) is 3.57 Å². The van der Waals surface area contributed by atoms with Gasteiger partial charge in [-0.25, -0.2) is 0 Å². The van der Waals surface area contributed by atoms with Gasteiger partial charge in [-0.3, -0.25) is 4.98 Å². The van der Waals surface area contributed by atoms with E-state index in [9.17, 15) is 0 Å². The number of hydrogen-bond acceptors (Lipinski definition) is 2. The van der Waals surface area contributed by atoms with Crippen LogP contribution in [-0.2, 0) is 0 Å². The fraction of sp³-hybridized carbons (Fsp3) is 0.312. The molecule has 106 valence electrons. The first-order valence-electron chi connectivity index (χ1n) is 6.71. The highest BCUT2D eigenvalue weighted by Crippen LogP contribution is 2.35. The molecule has 0 saturated heterocycles. The number of nitrogens with zero attached hydrogens (tertiary/aromatic N) is 1. The Morgan fingerprint density at radius 1 is 1.25 bits per heavy atom. The van der Waals surface area contributed by atoms with Crippen molar-refractivity contribution in [2.45, 2.75) is 25.8 Å². The maximum absolute atomic E-state index is 4.11. The highest BCUT2D eigenvalue weighted by atomic mass is 127. The van der Waals surface area contributed by atoms with Gasteiger partial charge < -0.3 is 5.32 Å². The summed E-state index contributed by atoms with van der Waals surface area (Å²) in [6.45, 7) is 5.35. The third-order valence-electron chi connectivity index (χ3n) is 3.45. The lowest BCUT2D eigenvalue weighted by Crippen LogP contribution is -2.26. The van der Waals surface area contributed by atoms with Crippen LogP contribution in [0.5, 0.6) is 0 Å². The van der Waals surface area contributed by atoms with Crippen molar-refractivity contribution in [1.29, 1.82) is 0 Å². The minimum atomic E-state index is 0.284. The first-order valence-corrected chi connectivity index (χ1v) is 8.59. The largest absolute Gasteiger partial charge is 0.310 e. The zero-order valence-electron chi connectivity index (χ0n) is 11.6. The summed E-state index contributed by atoms with van der Waals surface area (Å²) < 4.78 is 2.41. The van der Waals surface area contributed by atoms with Gasteiger partial charge >= 0.3 is 0 Å². The summed E-state index contributed by atoms with van der Waals surface area (Å²) in [5.74, 6) is 0.382. The second kappa shape index (κ2) is 7.52. The van der Waals surface area contributed by atoms with Gasteiger partial charge in [0, 0.05) is 32.4 Å². The molecule has 0 amide bonds. The number of pyridine rings is 1. The third-order valence-corrected chi connectivity index (χ3v) is 4.84. The SMILES string of the molecule is CCNC(c1cc(I)ccc1Br)C(C)c1ccncc1. The van der Waals surface area contributed by atoms with Gasteiger partial charge in [-0.15, -0.1) is 0 Å². The quantitative estimate of drug-likeness (QED) is 0.663. The molecule has 20 heavy (non-hydrogen) atoms. The Balaban J connectivity index is 2.38. The Morgan fingerprint density at radius 3 is 2.60 bits per heavy atom. The molecular formula is C16H18BrIN2. The average Bonchev–Trinajstić information content (AvgIpc) is 2.48. The topological polar surface area (TPSA) is 24.9 Å². The van der Waals surface area contributed by atoms with Crippen molar-refractivity contribution in [3.05, 3.63) is 61.9 Å². The molecule has 0 radical (unpaired) electrons. The van der Waals surface area contributed by atoms with Gasteiger partial charge in [-0.2, -0.15) is 0 Å². The molecular weight excluding hydrogens is 427 g/mol. The van der Waals surface area contributed by atoms with Crippen LogP contribution in [0.3, 0.4) is 0 Å². The second-order valence-electron chi connectivity index (χ2n) is 4.77. The molecule has 1 aromatic carbocycles. The van der Waals surface area contributed by atoms with E-state index in [4.69, 9.17) is 0 Å². The van der Waals surface area contributed by atoms with Gasteiger partial charge in [0.05, 0.1) is 0 Å². The predicted octanol–water partition coefficient (Wildman–Crippen LogP) is 4.90. The monoisotopic (exact) mass is 444 g/mol. The predicted molar refractivity (Wildman–Crippen MR) is 95.9 cm³/mol. The molecule has 0 bridgehead atoms. The van der Waals surface area contributed by atoms with E-state index < -0.39 is 0 Å². The summed E-state index contributed by atoms with van der Waals surface area (Å²) in [5, 5.41) is 3.61. The Kier molecular flexibility index (Phi) is 5.99. The van der Waals surface area contributed by atoms with Crippen molar-refractivity contribution in [3.63, 3.8) is 0 Å². The van der Waals surface area contributed by atoms with Crippen molar-refractivity contribution in [2.75, 3.05) is 6.54 Å². The van der Waals surface area contributed by atoms with E-state index in [1.807, 2.05) is 12.4 Å². The zero-order valence-corrected chi connectivity index (χ0v) is 15.3. The van der Waals surface area contributed by atoms with Crippen LogP contribution in [0.25, 0.3) is 0 Å². The fourth-order valence-corrected chi connectivity index (χ4v) is 3.40. The summed E-state index contributed by atoms with van der Waals surface area (Å²) in [6.07, 6.45) is 3.72. The summed E-state index contributed by atoms with van der Waals surface area (Å²) in [7, 11) is 0. The molecule has 0 spiro atoms. The van der Waals surface area contributed by atoms with E-state index in [1.165, 1.54) is 14.7 Å². The Hall–Kier alpha value is -0.460. The van der Waals surface area contributed by atoms with Crippen LogP contribution in [-0.4, -0.2) is 11.5 Å². The number of benzene rings is 1. The molecule has 0 aliphatic carbocycles. The smallest absolute Gasteiger partial charge is 0.0398 e. The van der Waals surface area contributed by atoms with E-state index >= 15 is 0 Å². The van der Waals surface area contributed by atoms with E-state index in [-0.39, 0.29) is 6.04 Å². The standard InChI is InChI=1S/C16H18BrIN2/c1-3-20-16(11(2)12-6-8-19-9-7-12)14-10-13(18)4-5-15(14)17/h4-11,16,20H,3H2,1-2H3. The molecule has 2 rings (SSSR count). The molecule has 2 unspecified atom stereocenters. The van der Waals surface area contributed by atoms with Crippen molar-refractivity contribution in [2.24, 2.45) is 0 Å². The van der Waals surface area contributed by atoms with Crippen molar-refractivity contribution < 1.29 is 0 Å². The Bertz CT molecular complexity index is 560. The zero-order chi connectivity index (χ0) is 14.5. The van der Waals surface area contributed by atoms with E-state index in [1.54, 1.807) is 0 Å². The molecule has 0 aliphatic rings. The molecule has 0 saturated carbocycles. The molecule has 2 aromatic rings. The molecule has 1 heterocycles. The molecule has 0 fully saturated rings. The number of likely N-dealkylation sites (N-methyl/N-ethyl adjacent to an activating group) is 1. The van der Waals surface area contributed by atoms with Gasteiger partial charge in [-0.05, 0) is 70.6 Å². The second-order valence-corrected chi connectivity index (χ2v) is 6.87. The van der Waals surface area contributed by atoms with Gasteiger partial charge in [-0.1, -0.05) is 29.8 Å². The maximum Gasteiger partial charge on any atom is 0.0398 e. The van der Waals surface area contributed by atoms with Crippen molar-refractivity contribution in [1.82, 2.24) is 10.3 Å². The molecule has 1 N–H and O–H groups in total. The van der Waals surface area contributed by atoms with Crippen molar-refractivity contribution in [3.8, 4) is 0 Å². The minimum absolute atomic E-state index is 0.284. The highest BCUT2D eigenvalue weighted by Gasteiger charge is 2.22. The summed E-state index contributed by atoms with van der Waals surface area (Å²) in [4.78, 5) is 4.11. The summed E-state index contributed by atoms with van der Waals surface area (Å²) in [5.41, 5.74) is 2.61. The van der Waals surface area contributed by atoms with Gasteiger partial charge in [0.1, 0.15) is 0 Å². The minimum Gasteiger partial charge on any atom is -0.310 e. The number of aromatic nitrogens is 1. The lowest BCUT2D eigenvalue weighted by atomic mass is 9.89. The van der Waals surface area contributed by atoms with E-state index in [0.29, 0.717) is 5.92 Å².